The van der Waals surface area contributed by atoms with Crippen LogP contribution in [0.3, 0.4) is 0 Å². The van der Waals surface area contributed by atoms with Crippen molar-refractivity contribution in [2.24, 2.45) is 0 Å². The molecule has 0 radical (unpaired) electrons. The first-order valence-corrected chi connectivity index (χ1v) is 1.61. The molecule has 0 N–H and O–H groups in total. The minimum absolute atomic E-state index is 0.931. The molecule has 0 saturated heterocycles. The van der Waals surface area contributed by atoms with Crippen LogP contribution in [0, 0.1) is 10.1 Å². The van der Waals surface area contributed by atoms with Gasteiger partial charge in [0.15, 0.2) is 0 Å². The van der Waals surface area contributed by atoms with Gasteiger partial charge in [0.25, 0.3) is 0 Å². The second kappa shape index (κ2) is 1.99. The molecule has 0 spiro atoms. The molecule has 0 atom stereocenters. The van der Waals surface area contributed by atoms with Gasteiger partial charge in [-0.3, -0.25) is 0 Å². The van der Waals surface area contributed by atoms with Crippen LogP contribution in [0.1, 0.15) is 0 Å². The average molecular weight is 118 g/mol. The van der Waals surface area contributed by atoms with Gasteiger partial charge in [-0.2, -0.15) is 0 Å². The quantitative estimate of drug-likeness (QED) is 0.267. The molecule has 0 amide bonds. The Morgan fingerprint density at radius 3 is 2.00 bits per heavy atom. The molecule has 0 aromatic heterocycles. The Morgan fingerprint density at radius 1 is 1.80 bits per heavy atom. The van der Waals surface area contributed by atoms with Crippen molar-refractivity contribution in [3.63, 3.8) is 0 Å². The molecular formula is FeNO3. The molecule has 0 unspecified atom stereocenters. The fourth-order valence-electron chi connectivity index (χ4n) is 0. The fourth-order valence-corrected chi connectivity index (χ4v) is 0. The van der Waals surface area contributed by atoms with Crippen LogP contribution >= 0.6 is 0 Å². The first-order valence-electron chi connectivity index (χ1n) is 0.668. The molecule has 0 aliphatic carbocycles. The molecule has 0 rings (SSSR count). The molecule has 0 aromatic carbocycles. The maximum absolute atomic E-state index is 8.93. The van der Waals surface area contributed by atoms with Gasteiger partial charge in [0.2, 0.25) is 0 Å². The summed E-state index contributed by atoms with van der Waals surface area (Å²) in [6.45, 7) is 0. The predicted octanol–water partition coefficient (Wildman–Crippen LogP) is -0.394. The average Bonchev–Trinajstić information content (AvgIpc) is 1.38. The summed E-state index contributed by atoms with van der Waals surface area (Å²) in [7, 11) is 0. The third-order valence-electron chi connectivity index (χ3n) is 0.0527. The van der Waals surface area contributed by atoms with Crippen molar-refractivity contribution in [2.75, 3.05) is 0 Å². The second-order valence-corrected chi connectivity index (χ2v) is 0.873. The van der Waals surface area contributed by atoms with E-state index in [-0.39, 0.29) is 0 Å². The Labute approximate surface area is 33.9 Å². The summed E-state index contributed by atoms with van der Waals surface area (Å²) < 4.78 is 8.00. The molecule has 0 aliphatic rings. The Bertz CT molecular complexity index is 57.9. The summed E-state index contributed by atoms with van der Waals surface area (Å²) in [6, 6.07) is 0. The molecule has 0 bridgehead atoms. The number of nitrogens with zero attached hydrogens (tertiary/aromatic N) is 1. The van der Waals surface area contributed by atoms with Gasteiger partial charge in [0.1, 0.15) is 0 Å². The van der Waals surface area contributed by atoms with Crippen molar-refractivity contribution in [2.45, 2.75) is 0 Å². The standard InChI is InChI=1S/Fe.NO2.O/c;2-1-3;. The van der Waals surface area contributed by atoms with Crippen LogP contribution in [-0.4, -0.2) is 3.94 Å². The van der Waals surface area contributed by atoms with Crippen LogP contribution in [0.4, 0.5) is 0 Å². The third-order valence-corrected chi connectivity index (χ3v) is 0.217. The van der Waals surface area contributed by atoms with E-state index in [0.717, 1.165) is 0 Å². The summed E-state index contributed by atoms with van der Waals surface area (Å²) in [4.78, 5) is 8.86. The first-order chi connectivity index (χ1) is 2.27. The van der Waals surface area contributed by atoms with E-state index >= 15 is 0 Å². The second-order valence-electron chi connectivity index (χ2n) is 0.268. The van der Waals surface area contributed by atoms with E-state index in [9.17, 15) is 0 Å². The molecule has 31 valence electrons. The van der Waals surface area contributed by atoms with E-state index in [1.165, 1.54) is 0 Å². The van der Waals surface area contributed by atoms with Crippen molar-refractivity contribution in [1.29, 1.82) is 0 Å². The van der Waals surface area contributed by atoms with Gasteiger partial charge < -0.3 is 0 Å². The van der Waals surface area contributed by atoms with Crippen LogP contribution in [0.25, 0.3) is 0 Å². The summed E-state index contributed by atoms with van der Waals surface area (Å²) in [5.74, 6) is 0. The van der Waals surface area contributed by atoms with Gasteiger partial charge in [-0.1, -0.05) is 0 Å². The Hall–Kier alpha value is -0.281. The summed E-state index contributed by atoms with van der Waals surface area (Å²) >= 11 is -1.22. The van der Waals surface area contributed by atoms with E-state index in [2.05, 4.69) is 0 Å². The summed E-state index contributed by atoms with van der Waals surface area (Å²) in [6.07, 6.45) is 0. The van der Waals surface area contributed by atoms with Crippen molar-refractivity contribution < 1.29 is 22.9 Å². The molecule has 0 aliphatic heterocycles. The van der Waals surface area contributed by atoms with E-state index in [1.807, 2.05) is 0 Å². The topological polar surface area (TPSA) is 60.2 Å². The van der Waals surface area contributed by atoms with Gasteiger partial charge >= 0.3 is 33.0 Å². The van der Waals surface area contributed by atoms with Gasteiger partial charge in [0, 0.05) is 0 Å². The number of hydrogen-bond donors (Lipinski definition) is 0. The van der Waals surface area contributed by atoms with Crippen LogP contribution in [0.5, 0.6) is 0 Å². The van der Waals surface area contributed by atoms with Crippen LogP contribution in [0.2, 0.25) is 0 Å². The van der Waals surface area contributed by atoms with E-state index in [1.54, 1.807) is 0 Å². The molecule has 0 heterocycles. The number of hydrogen-bond acceptors (Lipinski definition) is 3. The summed E-state index contributed by atoms with van der Waals surface area (Å²) in [5, 5.41) is 8.86. The van der Waals surface area contributed by atoms with Gasteiger partial charge in [-0.05, 0) is 0 Å². The van der Waals surface area contributed by atoms with E-state index in [4.69, 9.17) is 13.9 Å². The van der Waals surface area contributed by atoms with E-state index in [0.29, 0.717) is 0 Å². The molecule has 0 fully saturated rings. The van der Waals surface area contributed by atoms with Crippen LogP contribution < -0.4 is 0 Å². The van der Waals surface area contributed by atoms with Crippen LogP contribution in [-0.2, 0) is 18.9 Å². The fraction of sp³-hybridized carbons (Fsp3) is 0. The zero-order valence-corrected chi connectivity index (χ0v) is 3.13. The maximum atomic E-state index is 8.93. The SMILES string of the molecule is [O]=[Fe][N+](=O)[O-]. The van der Waals surface area contributed by atoms with Gasteiger partial charge in [-0.25, -0.2) is 0 Å². The molecule has 0 saturated carbocycles. The third kappa shape index (κ3) is 3.72. The Kier molecular flexibility index (Phi) is 1.88. The molecule has 5 heavy (non-hydrogen) atoms. The van der Waals surface area contributed by atoms with Gasteiger partial charge in [0.05, 0.1) is 0 Å². The first kappa shape index (κ1) is 4.72. The monoisotopic (exact) mass is 118 g/mol. The number of nitro groups is 1. The van der Waals surface area contributed by atoms with Crippen molar-refractivity contribution in [1.82, 2.24) is 0 Å². The Balaban J connectivity index is 3.20. The molecule has 5 heteroatoms. The van der Waals surface area contributed by atoms with Crippen LogP contribution in [0.15, 0.2) is 0 Å². The van der Waals surface area contributed by atoms with Gasteiger partial charge in [-0.15, -0.1) is 0 Å². The minimum atomic E-state index is -1.22. The zero-order chi connectivity index (χ0) is 4.28. The van der Waals surface area contributed by atoms with Crippen molar-refractivity contribution in [3.05, 3.63) is 10.1 Å². The van der Waals surface area contributed by atoms with Crippen molar-refractivity contribution >= 4 is 0 Å². The predicted molar refractivity (Wildman–Crippen MR) is 7.68 cm³/mol. The number of rotatable bonds is 1. The van der Waals surface area contributed by atoms with E-state index < -0.39 is 19.0 Å². The molecule has 0 aromatic rings. The normalized spacial score (nSPS) is 7.20. The summed E-state index contributed by atoms with van der Waals surface area (Å²) in [5.41, 5.74) is 0. The van der Waals surface area contributed by atoms with Crippen molar-refractivity contribution in [3.8, 4) is 0 Å². The molecule has 4 nitrogen and oxygen atoms in total. The Morgan fingerprint density at radius 2 is 2.00 bits per heavy atom. The molecular weight excluding hydrogens is 118 g/mol. The zero-order valence-electron chi connectivity index (χ0n) is 2.03.